The second-order valence-corrected chi connectivity index (χ2v) is 5.29. The normalized spacial score (nSPS) is 48.6. The summed E-state index contributed by atoms with van der Waals surface area (Å²) in [7, 11) is 0. The Kier molecular flexibility index (Phi) is 2.29. The summed E-state index contributed by atoms with van der Waals surface area (Å²) in [6.45, 7) is 3.28. The van der Waals surface area contributed by atoms with Crippen LogP contribution in [0.3, 0.4) is 0 Å². The maximum Gasteiger partial charge on any atom is 0.0998 e. The van der Waals surface area contributed by atoms with Gasteiger partial charge in [0.25, 0.3) is 0 Å². The van der Waals surface area contributed by atoms with E-state index in [0.717, 1.165) is 24.7 Å². The predicted molar refractivity (Wildman–Crippen MR) is 56.0 cm³/mol. The average molecular weight is 195 g/mol. The minimum Gasteiger partial charge on any atom is -0.362 e. The molecule has 0 unspecified atom stereocenters. The summed E-state index contributed by atoms with van der Waals surface area (Å²) in [6, 6.07) is 1.62. The van der Waals surface area contributed by atoms with Gasteiger partial charge in [0.1, 0.15) is 0 Å². The quantitative estimate of drug-likeness (QED) is 0.588. The Morgan fingerprint density at radius 2 is 1.93 bits per heavy atom. The van der Waals surface area contributed by atoms with Gasteiger partial charge < -0.3 is 4.74 Å². The van der Waals surface area contributed by atoms with Crippen LogP contribution in [0, 0.1) is 5.92 Å². The third kappa shape index (κ3) is 1.31. The lowest BCUT2D eigenvalue weighted by molar-refractivity contribution is -0.148. The molecule has 0 N–H and O–H groups in total. The SMILES string of the molecule is C[C@H]1CCC[C@H]2[C@H]3CCC[C@H]3OCN12. The summed E-state index contributed by atoms with van der Waals surface area (Å²) in [6.07, 6.45) is 8.98. The van der Waals surface area contributed by atoms with Crippen LogP contribution >= 0.6 is 0 Å². The molecule has 0 spiro atoms. The van der Waals surface area contributed by atoms with Crippen molar-refractivity contribution in [2.75, 3.05) is 6.73 Å². The Balaban J connectivity index is 1.79. The van der Waals surface area contributed by atoms with E-state index >= 15 is 0 Å². The Hall–Kier alpha value is -0.0800. The zero-order chi connectivity index (χ0) is 9.54. The second kappa shape index (κ2) is 3.49. The Morgan fingerprint density at radius 1 is 1.07 bits per heavy atom. The van der Waals surface area contributed by atoms with Crippen molar-refractivity contribution in [3.05, 3.63) is 0 Å². The third-order valence-corrected chi connectivity index (χ3v) is 4.55. The number of ether oxygens (including phenoxy) is 1. The summed E-state index contributed by atoms with van der Waals surface area (Å²) >= 11 is 0. The van der Waals surface area contributed by atoms with Crippen molar-refractivity contribution in [2.24, 2.45) is 5.92 Å². The van der Waals surface area contributed by atoms with Gasteiger partial charge in [-0.15, -0.1) is 0 Å². The summed E-state index contributed by atoms with van der Waals surface area (Å²) < 4.78 is 5.97. The number of hydrogen-bond donors (Lipinski definition) is 0. The number of fused-ring (bicyclic) bond motifs is 3. The largest absolute Gasteiger partial charge is 0.362 e. The van der Waals surface area contributed by atoms with Gasteiger partial charge in [-0.3, -0.25) is 4.90 Å². The van der Waals surface area contributed by atoms with E-state index in [4.69, 9.17) is 4.74 Å². The van der Waals surface area contributed by atoms with Gasteiger partial charge in [0.05, 0.1) is 12.8 Å². The molecule has 0 bridgehead atoms. The topological polar surface area (TPSA) is 12.5 Å². The van der Waals surface area contributed by atoms with Crippen molar-refractivity contribution in [2.45, 2.75) is 63.6 Å². The summed E-state index contributed by atoms with van der Waals surface area (Å²) in [4.78, 5) is 2.62. The minimum atomic E-state index is 0.613. The van der Waals surface area contributed by atoms with E-state index in [1.807, 2.05) is 0 Å². The lowest BCUT2D eigenvalue weighted by Crippen LogP contribution is -2.55. The first-order valence-corrected chi connectivity index (χ1v) is 6.23. The molecule has 3 aliphatic rings. The molecule has 80 valence electrons. The smallest absolute Gasteiger partial charge is 0.0998 e. The van der Waals surface area contributed by atoms with Gasteiger partial charge in [-0.1, -0.05) is 12.8 Å². The standard InChI is InChI=1S/C12H21NO/c1-9-4-2-6-11-10-5-3-7-12(10)14-8-13(9)11/h9-12H,2-8H2,1H3/t9-,10+,11-,12+/m0/s1. The molecular formula is C12H21NO. The van der Waals surface area contributed by atoms with Gasteiger partial charge in [0.2, 0.25) is 0 Å². The van der Waals surface area contributed by atoms with E-state index in [-0.39, 0.29) is 0 Å². The van der Waals surface area contributed by atoms with Gasteiger partial charge in [-0.25, -0.2) is 0 Å². The molecule has 3 fully saturated rings. The lowest BCUT2D eigenvalue weighted by Gasteiger charge is -2.48. The second-order valence-electron chi connectivity index (χ2n) is 5.29. The molecule has 0 aromatic heterocycles. The van der Waals surface area contributed by atoms with Gasteiger partial charge in [-0.05, 0) is 32.6 Å². The first-order chi connectivity index (χ1) is 6.86. The van der Waals surface area contributed by atoms with Crippen LogP contribution in [0.2, 0.25) is 0 Å². The molecule has 1 saturated carbocycles. The van der Waals surface area contributed by atoms with Crippen molar-refractivity contribution in [3.63, 3.8) is 0 Å². The molecule has 0 aromatic rings. The molecule has 0 aromatic carbocycles. The number of nitrogens with zero attached hydrogens (tertiary/aromatic N) is 1. The van der Waals surface area contributed by atoms with Crippen molar-refractivity contribution >= 4 is 0 Å². The average Bonchev–Trinajstić information content (AvgIpc) is 2.66. The monoisotopic (exact) mass is 195 g/mol. The molecule has 2 aliphatic heterocycles. The Morgan fingerprint density at radius 3 is 2.86 bits per heavy atom. The fraction of sp³-hybridized carbons (Fsp3) is 1.00. The highest BCUT2D eigenvalue weighted by atomic mass is 16.5. The zero-order valence-corrected chi connectivity index (χ0v) is 9.11. The van der Waals surface area contributed by atoms with Crippen LogP contribution in [0.25, 0.3) is 0 Å². The summed E-state index contributed by atoms with van der Waals surface area (Å²) in [5.74, 6) is 0.867. The molecule has 0 amide bonds. The highest BCUT2D eigenvalue weighted by molar-refractivity contribution is 4.95. The molecule has 1 aliphatic carbocycles. The van der Waals surface area contributed by atoms with Crippen molar-refractivity contribution < 1.29 is 4.74 Å². The van der Waals surface area contributed by atoms with E-state index in [9.17, 15) is 0 Å². The molecule has 2 nitrogen and oxygen atoms in total. The van der Waals surface area contributed by atoms with Crippen molar-refractivity contribution in [1.29, 1.82) is 0 Å². The van der Waals surface area contributed by atoms with Crippen LogP contribution in [-0.2, 0) is 4.74 Å². The number of rotatable bonds is 0. The van der Waals surface area contributed by atoms with Gasteiger partial charge in [0.15, 0.2) is 0 Å². The Bertz CT molecular complexity index is 216. The van der Waals surface area contributed by atoms with Crippen molar-refractivity contribution in [3.8, 4) is 0 Å². The summed E-state index contributed by atoms with van der Waals surface area (Å²) in [5, 5.41) is 0. The highest BCUT2D eigenvalue weighted by Crippen LogP contribution is 2.41. The molecular weight excluding hydrogens is 174 g/mol. The van der Waals surface area contributed by atoms with E-state index in [1.54, 1.807) is 0 Å². The van der Waals surface area contributed by atoms with Gasteiger partial charge in [-0.2, -0.15) is 0 Å². The molecule has 4 atom stereocenters. The van der Waals surface area contributed by atoms with Crippen LogP contribution in [0.5, 0.6) is 0 Å². The van der Waals surface area contributed by atoms with E-state index in [1.165, 1.54) is 38.5 Å². The third-order valence-electron chi connectivity index (χ3n) is 4.55. The van der Waals surface area contributed by atoms with Crippen LogP contribution in [0.4, 0.5) is 0 Å². The van der Waals surface area contributed by atoms with Crippen LogP contribution in [0.1, 0.15) is 45.4 Å². The van der Waals surface area contributed by atoms with Crippen LogP contribution in [-0.4, -0.2) is 29.8 Å². The maximum absolute atomic E-state index is 5.97. The highest BCUT2D eigenvalue weighted by Gasteiger charge is 2.43. The maximum atomic E-state index is 5.97. The molecule has 0 radical (unpaired) electrons. The fourth-order valence-electron chi connectivity index (χ4n) is 3.75. The van der Waals surface area contributed by atoms with Gasteiger partial charge in [0, 0.05) is 18.0 Å². The van der Waals surface area contributed by atoms with E-state index in [0.29, 0.717) is 6.10 Å². The molecule has 2 heterocycles. The van der Waals surface area contributed by atoms with Gasteiger partial charge >= 0.3 is 0 Å². The predicted octanol–water partition coefficient (Wildman–Crippen LogP) is 2.39. The summed E-state index contributed by atoms with van der Waals surface area (Å²) in [5.41, 5.74) is 0. The first-order valence-electron chi connectivity index (χ1n) is 6.23. The minimum absolute atomic E-state index is 0.613. The van der Waals surface area contributed by atoms with Crippen molar-refractivity contribution in [1.82, 2.24) is 4.90 Å². The van der Waals surface area contributed by atoms with E-state index in [2.05, 4.69) is 11.8 Å². The fourth-order valence-corrected chi connectivity index (χ4v) is 3.75. The molecule has 14 heavy (non-hydrogen) atoms. The number of piperidine rings is 1. The zero-order valence-electron chi connectivity index (χ0n) is 9.11. The van der Waals surface area contributed by atoms with Crippen LogP contribution < -0.4 is 0 Å². The first kappa shape index (κ1) is 9.17. The number of hydrogen-bond acceptors (Lipinski definition) is 2. The Labute approximate surface area is 86.6 Å². The lowest BCUT2D eigenvalue weighted by atomic mass is 9.85. The van der Waals surface area contributed by atoms with E-state index < -0.39 is 0 Å². The van der Waals surface area contributed by atoms with Crippen LogP contribution in [0.15, 0.2) is 0 Å². The molecule has 2 saturated heterocycles. The molecule has 2 heteroatoms. The molecule has 3 rings (SSSR count).